The van der Waals surface area contributed by atoms with Gasteiger partial charge in [0.2, 0.25) is 0 Å². The van der Waals surface area contributed by atoms with Gasteiger partial charge in [-0.15, -0.1) is 22.7 Å². The normalized spacial score (nSPS) is 15.9. The summed E-state index contributed by atoms with van der Waals surface area (Å²) in [5.41, 5.74) is 9.66. The molecule has 0 bridgehead atoms. The number of benzene rings is 8. The molecule has 6 heteroatoms. The van der Waals surface area contributed by atoms with Crippen molar-refractivity contribution in [2.45, 2.75) is 12.3 Å². The first kappa shape index (κ1) is 32.7. The van der Waals surface area contributed by atoms with Gasteiger partial charge in [-0.3, -0.25) is 5.32 Å². The van der Waals surface area contributed by atoms with Gasteiger partial charge in [0.25, 0.3) is 0 Å². The fourth-order valence-corrected chi connectivity index (χ4v) is 11.5. The lowest BCUT2D eigenvalue weighted by Crippen LogP contribution is -2.45. The number of nitrogens with one attached hydrogen (secondary N) is 2. The molecule has 1 aliphatic rings. The summed E-state index contributed by atoms with van der Waals surface area (Å²) in [5, 5.41) is 15.4. The molecule has 0 aliphatic carbocycles. The van der Waals surface area contributed by atoms with Crippen LogP contribution in [0.25, 0.3) is 79.0 Å². The van der Waals surface area contributed by atoms with Crippen LogP contribution in [0.4, 0.5) is 0 Å². The van der Waals surface area contributed by atoms with Crippen molar-refractivity contribution in [1.82, 2.24) is 15.2 Å². The summed E-state index contributed by atoms with van der Waals surface area (Å²) >= 11 is 3.79. The van der Waals surface area contributed by atoms with Gasteiger partial charge in [0.05, 0.1) is 21.4 Å². The van der Waals surface area contributed by atoms with E-state index in [9.17, 15) is 0 Å². The zero-order chi connectivity index (χ0) is 37.5. The summed E-state index contributed by atoms with van der Waals surface area (Å²) in [6.45, 7) is 0. The molecular formula is C51H34N4S2. The number of fused-ring (bicyclic) bond motifs is 9. The molecule has 0 spiro atoms. The van der Waals surface area contributed by atoms with Crippen molar-refractivity contribution in [2.75, 3.05) is 0 Å². The highest BCUT2D eigenvalue weighted by Gasteiger charge is 2.28. The van der Waals surface area contributed by atoms with E-state index < -0.39 is 0 Å². The lowest BCUT2D eigenvalue weighted by Gasteiger charge is -2.32. The Hall–Kier alpha value is -6.57. The van der Waals surface area contributed by atoms with Gasteiger partial charge in [-0.25, -0.2) is 4.99 Å². The van der Waals surface area contributed by atoms with E-state index in [0.29, 0.717) is 0 Å². The molecule has 0 saturated carbocycles. The minimum Gasteiger partial charge on any atom is -0.350 e. The zero-order valence-electron chi connectivity index (χ0n) is 30.7. The maximum Gasteiger partial charge on any atom is 0.131 e. The van der Waals surface area contributed by atoms with E-state index in [0.717, 1.165) is 17.0 Å². The summed E-state index contributed by atoms with van der Waals surface area (Å²) in [7, 11) is 0. The van der Waals surface area contributed by atoms with E-state index >= 15 is 0 Å². The molecule has 57 heavy (non-hydrogen) atoms. The van der Waals surface area contributed by atoms with Crippen molar-refractivity contribution in [3.63, 3.8) is 0 Å². The maximum absolute atomic E-state index is 5.18. The molecule has 3 aromatic heterocycles. The van der Waals surface area contributed by atoms with Crippen molar-refractivity contribution >= 4 is 90.7 Å². The second kappa shape index (κ2) is 13.0. The molecule has 0 amide bonds. The number of amidine groups is 1. The highest BCUT2D eigenvalue weighted by Crippen LogP contribution is 2.48. The summed E-state index contributed by atoms with van der Waals surface area (Å²) in [4.78, 5) is 5.18. The Balaban J connectivity index is 1.03. The highest BCUT2D eigenvalue weighted by molar-refractivity contribution is 7.27. The smallest absolute Gasteiger partial charge is 0.131 e. The molecule has 4 nitrogen and oxygen atoms in total. The van der Waals surface area contributed by atoms with E-state index in [1.54, 1.807) is 0 Å². The number of hydrogen-bond acceptors (Lipinski definition) is 5. The minimum atomic E-state index is -0.194. The molecule has 11 aromatic rings. The fraction of sp³-hybridized carbons (Fsp3) is 0.0392. The molecule has 1 aliphatic heterocycles. The van der Waals surface area contributed by atoms with Crippen LogP contribution in [-0.4, -0.2) is 10.4 Å². The third kappa shape index (κ3) is 5.12. The van der Waals surface area contributed by atoms with Gasteiger partial charge >= 0.3 is 0 Å². The van der Waals surface area contributed by atoms with Gasteiger partial charge in [-0.2, -0.15) is 0 Å². The van der Waals surface area contributed by atoms with Crippen molar-refractivity contribution in [2.24, 2.45) is 4.99 Å². The van der Waals surface area contributed by atoms with E-state index in [1.165, 1.54) is 84.5 Å². The predicted molar refractivity (Wildman–Crippen MR) is 243 cm³/mol. The van der Waals surface area contributed by atoms with Crippen LogP contribution in [0.1, 0.15) is 29.0 Å². The van der Waals surface area contributed by atoms with Crippen LogP contribution in [0.2, 0.25) is 0 Å². The zero-order valence-corrected chi connectivity index (χ0v) is 32.3. The van der Waals surface area contributed by atoms with Crippen LogP contribution < -0.4 is 10.6 Å². The second-order valence-corrected chi connectivity index (χ2v) is 16.8. The molecule has 4 heterocycles. The van der Waals surface area contributed by atoms with Gasteiger partial charge in [-0.1, -0.05) is 152 Å². The van der Waals surface area contributed by atoms with E-state index in [1.807, 2.05) is 22.7 Å². The predicted octanol–water partition coefficient (Wildman–Crippen LogP) is 13.5. The summed E-state index contributed by atoms with van der Waals surface area (Å²) in [6, 6.07) is 65.8. The maximum atomic E-state index is 5.18. The van der Waals surface area contributed by atoms with Gasteiger partial charge in [0, 0.05) is 57.5 Å². The fourth-order valence-electron chi connectivity index (χ4n) is 9.01. The van der Waals surface area contributed by atoms with Crippen molar-refractivity contribution in [3.8, 4) is 16.8 Å². The number of thiophene rings is 2. The number of aromatic nitrogens is 1. The molecule has 2 N–H and O–H groups in total. The topological polar surface area (TPSA) is 41.4 Å². The monoisotopic (exact) mass is 766 g/mol. The van der Waals surface area contributed by atoms with Gasteiger partial charge in [0.15, 0.2) is 0 Å². The largest absolute Gasteiger partial charge is 0.350 e. The molecule has 2 atom stereocenters. The summed E-state index contributed by atoms with van der Waals surface area (Å²) in [5.74, 6) is 0.890. The number of rotatable bonds is 5. The summed E-state index contributed by atoms with van der Waals surface area (Å²) < 4.78 is 7.63. The lowest BCUT2D eigenvalue weighted by molar-refractivity contribution is 0.411. The van der Waals surface area contributed by atoms with E-state index in [4.69, 9.17) is 4.99 Å². The number of nitrogens with zero attached hydrogens (tertiary/aromatic N) is 2. The van der Waals surface area contributed by atoms with E-state index in [-0.39, 0.29) is 12.3 Å². The third-order valence-electron chi connectivity index (χ3n) is 11.5. The molecule has 270 valence electrons. The molecule has 0 saturated heterocycles. The van der Waals surface area contributed by atoms with Crippen LogP contribution in [0, 0.1) is 0 Å². The number of para-hydroxylation sites is 2. The van der Waals surface area contributed by atoms with Gasteiger partial charge in [-0.05, 0) is 47.0 Å². The SMILES string of the molecule is c1ccc(C2=NC(c3ccccc3)NC(c3cccc4sc5c(-c6cccc7sc8c(-n9c%10ccccc%10c%10ccccc%109)cccc8c67)cccc5c34)N2)cc1. The van der Waals surface area contributed by atoms with Gasteiger partial charge in [0.1, 0.15) is 18.2 Å². The Kier molecular flexibility index (Phi) is 7.45. The molecule has 0 radical (unpaired) electrons. The average Bonchev–Trinajstić information content (AvgIpc) is 3.97. The number of hydrogen-bond donors (Lipinski definition) is 2. The van der Waals surface area contributed by atoms with E-state index in [2.05, 4.69) is 197 Å². The Morgan fingerprint density at radius 3 is 1.82 bits per heavy atom. The van der Waals surface area contributed by atoms with Crippen LogP contribution in [0.3, 0.4) is 0 Å². The molecule has 12 rings (SSSR count). The van der Waals surface area contributed by atoms with Crippen LogP contribution >= 0.6 is 22.7 Å². The minimum absolute atomic E-state index is 0.156. The van der Waals surface area contributed by atoms with Crippen molar-refractivity contribution in [1.29, 1.82) is 0 Å². The van der Waals surface area contributed by atoms with Crippen molar-refractivity contribution < 1.29 is 0 Å². The third-order valence-corrected chi connectivity index (χ3v) is 13.9. The highest BCUT2D eigenvalue weighted by atomic mass is 32.1. The second-order valence-electron chi connectivity index (χ2n) is 14.7. The first-order chi connectivity index (χ1) is 28.3. The van der Waals surface area contributed by atoms with Crippen LogP contribution in [0.15, 0.2) is 187 Å². The quantitative estimate of drug-likeness (QED) is 0.183. The standard InChI is InChI=1S/C51H34N4S2/c1-3-15-31(16-4-1)49-52-50(32-17-5-2-6-18-32)54-51(53-49)39-25-14-30-44-46(39)37-23-11-22-36(47(37)56-44)35-21-13-29-43-45(35)38-24-12-28-42(48(38)57-43)55-40-26-9-7-19-33(40)34-20-8-10-27-41(34)55/h1-30,49,51,53H,(H,52,54). The van der Waals surface area contributed by atoms with Crippen LogP contribution in [0.5, 0.6) is 0 Å². The average molecular weight is 767 g/mol. The van der Waals surface area contributed by atoms with Crippen molar-refractivity contribution in [3.05, 3.63) is 199 Å². The lowest BCUT2D eigenvalue weighted by atomic mass is 9.96. The molecular weight excluding hydrogens is 733 g/mol. The molecule has 0 fully saturated rings. The number of aliphatic imine (C=N–C) groups is 1. The Morgan fingerprint density at radius 2 is 1.05 bits per heavy atom. The van der Waals surface area contributed by atoms with Crippen LogP contribution in [-0.2, 0) is 0 Å². The Labute approximate surface area is 337 Å². The van der Waals surface area contributed by atoms with Gasteiger partial charge < -0.3 is 9.88 Å². The summed E-state index contributed by atoms with van der Waals surface area (Å²) in [6.07, 6.45) is -0.350. The molecule has 8 aromatic carbocycles. The first-order valence-electron chi connectivity index (χ1n) is 19.4. The molecule has 2 unspecified atom stereocenters. The first-order valence-corrected chi connectivity index (χ1v) is 21.0. The Bertz CT molecular complexity index is 3320. The Morgan fingerprint density at radius 1 is 0.474 bits per heavy atom.